The van der Waals surface area contributed by atoms with Gasteiger partial charge in [-0.3, -0.25) is 4.79 Å². The van der Waals surface area contributed by atoms with E-state index in [1.54, 1.807) is 0 Å². The van der Waals surface area contributed by atoms with Gasteiger partial charge in [-0.15, -0.1) is 5.73 Å². The Balaban J connectivity index is 2.09. The monoisotopic (exact) mass is 336 g/mol. The van der Waals surface area contributed by atoms with Crippen molar-refractivity contribution in [1.29, 1.82) is 0 Å². The summed E-state index contributed by atoms with van der Waals surface area (Å²) in [5, 5.41) is 0. The summed E-state index contributed by atoms with van der Waals surface area (Å²) in [6.45, 7) is 13.6. The van der Waals surface area contributed by atoms with Gasteiger partial charge in [0.25, 0.3) is 0 Å². The lowest BCUT2D eigenvalue weighted by atomic mass is 9.71. The number of ketones is 1. The van der Waals surface area contributed by atoms with Crippen molar-refractivity contribution >= 4 is 5.78 Å². The molecule has 0 saturated heterocycles. The number of hydrogen-bond donors (Lipinski definition) is 0. The van der Waals surface area contributed by atoms with Gasteiger partial charge in [-0.05, 0) is 71.6 Å². The van der Waals surface area contributed by atoms with E-state index in [4.69, 9.17) is 0 Å². The molecule has 0 N–H and O–H groups in total. The molecule has 3 rings (SSSR count). The molecule has 0 aliphatic heterocycles. The van der Waals surface area contributed by atoms with Crippen LogP contribution in [0.4, 0.5) is 0 Å². The zero-order chi connectivity index (χ0) is 18.4. The van der Waals surface area contributed by atoms with E-state index in [0.29, 0.717) is 5.78 Å². The Morgan fingerprint density at radius 3 is 1.48 bits per heavy atom. The zero-order valence-corrected chi connectivity index (χ0v) is 16.8. The van der Waals surface area contributed by atoms with Gasteiger partial charge in [0.2, 0.25) is 0 Å². The van der Waals surface area contributed by atoms with Crippen molar-refractivity contribution in [3.63, 3.8) is 0 Å². The van der Waals surface area contributed by atoms with Crippen molar-refractivity contribution in [1.82, 2.24) is 0 Å². The molecule has 1 heteroatoms. The third-order valence-corrected chi connectivity index (χ3v) is 5.45. The van der Waals surface area contributed by atoms with Crippen molar-refractivity contribution in [3.05, 3.63) is 51.3 Å². The Morgan fingerprint density at radius 2 is 1.12 bits per heavy atom. The maximum atomic E-state index is 13.4. The maximum Gasteiger partial charge on any atom is 0.185 e. The Morgan fingerprint density at radius 1 is 0.720 bits per heavy atom. The van der Waals surface area contributed by atoms with Crippen molar-refractivity contribution in [3.8, 4) is 0 Å². The van der Waals surface area contributed by atoms with Gasteiger partial charge in [-0.2, -0.15) is 0 Å². The highest BCUT2D eigenvalue weighted by molar-refractivity contribution is 6.13. The molecule has 0 radical (unpaired) electrons. The van der Waals surface area contributed by atoms with Crippen LogP contribution in [0.5, 0.6) is 0 Å². The first-order chi connectivity index (χ1) is 11.6. The molecular weight excluding hydrogens is 304 g/mol. The van der Waals surface area contributed by atoms with Crippen LogP contribution >= 0.6 is 0 Å². The molecule has 0 heterocycles. The van der Waals surface area contributed by atoms with Gasteiger partial charge in [0, 0.05) is 11.1 Å². The molecule has 0 atom stereocenters. The van der Waals surface area contributed by atoms with Crippen molar-refractivity contribution in [2.75, 3.05) is 0 Å². The average Bonchev–Trinajstić information content (AvgIpc) is 3.02. The minimum atomic E-state index is 0.00852. The van der Waals surface area contributed by atoms with E-state index < -0.39 is 0 Å². The zero-order valence-electron chi connectivity index (χ0n) is 16.8. The second-order valence-corrected chi connectivity index (χ2v) is 9.75. The molecule has 3 aliphatic rings. The fourth-order valence-corrected chi connectivity index (χ4v) is 4.54. The molecule has 0 aromatic carbocycles. The first-order valence-electron chi connectivity index (χ1n) is 9.78. The van der Waals surface area contributed by atoms with Gasteiger partial charge in [0.15, 0.2) is 5.78 Å². The molecular formula is C24H32O. The van der Waals surface area contributed by atoms with Crippen molar-refractivity contribution < 1.29 is 4.79 Å². The van der Waals surface area contributed by atoms with E-state index in [2.05, 4.69) is 59.4 Å². The third-order valence-electron chi connectivity index (χ3n) is 5.45. The van der Waals surface area contributed by atoms with E-state index >= 15 is 0 Å². The van der Waals surface area contributed by atoms with Crippen LogP contribution in [0.2, 0.25) is 0 Å². The average molecular weight is 337 g/mol. The molecule has 4 bridgehead atoms. The van der Waals surface area contributed by atoms with Crippen LogP contribution in [0.1, 0.15) is 80.1 Å². The van der Waals surface area contributed by atoms with E-state index in [1.165, 1.54) is 22.3 Å². The van der Waals surface area contributed by atoms with Gasteiger partial charge in [0.05, 0.1) is 0 Å². The molecule has 25 heavy (non-hydrogen) atoms. The summed E-state index contributed by atoms with van der Waals surface area (Å²) in [4.78, 5) is 13.4. The lowest BCUT2D eigenvalue weighted by Gasteiger charge is -2.32. The summed E-state index contributed by atoms with van der Waals surface area (Å²) in [6.07, 6.45) is 10.3. The molecule has 0 amide bonds. The first-order valence-corrected chi connectivity index (χ1v) is 9.78. The van der Waals surface area contributed by atoms with Crippen LogP contribution in [0.15, 0.2) is 51.3 Å². The van der Waals surface area contributed by atoms with E-state index in [1.807, 2.05) is 0 Å². The second kappa shape index (κ2) is 6.29. The van der Waals surface area contributed by atoms with Crippen LogP contribution in [-0.4, -0.2) is 5.78 Å². The van der Waals surface area contributed by atoms with E-state index in [0.717, 1.165) is 49.7 Å². The highest BCUT2D eigenvalue weighted by Crippen LogP contribution is 2.50. The molecule has 0 aromatic rings. The molecule has 0 aromatic heterocycles. The minimum absolute atomic E-state index is 0.00852. The highest BCUT2D eigenvalue weighted by Gasteiger charge is 2.41. The summed E-state index contributed by atoms with van der Waals surface area (Å²) in [7, 11) is 0. The highest BCUT2D eigenvalue weighted by atomic mass is 16.1. The number of allylic oxidation sites excluding steroid dienone is 7. The largest absolute Gasteiger partial charge is 0.289 e. The van der Waals surface area contributed by atoms with Crippen molar-refractivity contribution in [2.45, 2.75) is 80.1 Å². The Bertz CT molecular complexity index is 700. The van der Waals surface area contributed by atoms with Crippen LogP contribution in [-0.2, 0) is 4.79 Å². The van der Waals surface area contributed by atoms with Crippen LogP contribution in [0.25, 0.3) is 0 Å². The predicted molar refractivity (Wildman–Crippen MR) is 105 cm³/mol. The topological polar surface area (TPSA) is 17.1 Å². The fraction of sp³-hybridized carbons (Fsp3) is 0.583. The molecule has 1 nitrogen and oxygen atoms in total. The number of fused-ring (bicyclic) bond motifs is 2. The number of carbonyl (C=O) groups excluding carboxylic acids is 1. The SMILES string of the molecule is CC(C)(C)C1=C2CCCC3=C=C(C=C3)CCCC(=C1C(C)(C)C)C2=O. The molecule has 0 unspecified atom stereocenters. The van der Waals surface area contributed by atoms with Crippen molar-refractivity contribution in [2.24, 2.45) is 10.8 Å². The molecule has 0 spiro atoms. The molecule has 0 fully saturated rings. The van der Waals surface area contributed by atoms with E-state index in [9.17, 15) is 4.79 Å². The van der Waals surface area contributed by atoms with Gasteiger partial charge >= 0.3 is 0 Å². The first kappa shape index (κ1) is 18.2. The van der Waals surface area contributed by atoms with Crippen LogP contribution in [0, 0.1) is 10.8 Å². The lowest BCUT2D eigenvalue weighted by molar-refractivity contribution is -0.112. The Kier molecular flexibility index (Phi) is 4.58. The quantitative estimate of drug-likeness (QED) is 0.454. The predicted octanol–water partition coefficient (Wildman–Crippen LogP) is 6.63. The fourth-order valence-electron chi connectivity index (χ4n) is 4.54. The smallest absolute Gasteiger partial charge is 0.185 e. The number of Topliss-reactive ketones (excluding diaryl/α,β-unsaturated/α-hetero) is 1. The Labute approximate surface area is 153 Å². The van der Waals surface area contributed by atoms with Gasteiger partial charge < -0.3 is 0 Å². The number of hydrogen-bond acceptors (Lipinski definition) is 1. The summed E-state index contributed by atoms with van der Waals surface area (Å²) in [5.41, 5.74) is 11.1. The molecule has 3 aliphatic carbocycles. The van der Waals surface area contributed by atoms with Gasteiger partial charge in [-0.25, -0.2) is 0 Å². The van der Waals surface area contributed by atoms with Crippen LogP contribution < -0.4 is 0 Å². The summed E-state index contributed by atoms with van der Waals surface area (Å²) in [6, 6.07) is 0. The summed E-state index contributed by atoms with van der Waals surface area (Å²) in [5.74, 6) is 0.346. The standard InChI is InChI=1S/C24H32O/c1-23(2,3)20-18-11-7-9-16-13-14-17(15-16)10-8-12-19(22(18)25)21(20)24(4,5)6/h13-14H,7-12H2,1-6H3. The Hall–Kier alpha value is -1.59. The van der Waals surface area contributed by atoms with Crippen LogP contribution in [0.3, 0.4) is 0 Å². The van der Waals surface area contributed by atoms with Gasteiger partial charge in [0.1, 0.15) is 0 Å². The van der Waals surface area contributed by atoms with E-state index in [-0.39, 0.29) is 10.8 Å². The summed E-state index contributed by atoms with van der Waals surface area (Å²) < 4.78 is 0. The lowest BCUT2D eigenvalue weighted by Crippen LogP contribution is -2.20. The maximum absolute atomic E-state index is 13.4. The number of rotatable bonds is 0. The summed E-state index contributed by atoms with van der Waals surface area (Å²) >= 11 is 0. The second-order valence-electron chi connectivity index (χ2n) is 9.75. The number of carbonyl (C=O) groups is 1. The molecule has 0 saturated carbocycles. The van der Waals surface area contributed by atoms with Gasteiger partial charge in [-0.1, -0.05) is 53.7 Å². The third kappa shape index (κ3) is 3.53. The normalized spacial score (nSPS) is 22.1. The minimum Gasteiger partial charge on any atom is -0.289 e. The molecule has 134 valence electrons.